The molecular weight excluding hydrogens is 439 g/mol. The summed E-state index contributed by atoms with van der Waals surface area (Å²) in [4.78, 5) is 0. The molecule has 0 saturated heterocycles. The lowest BCUT2D eigenvalue weighted by molar-refractivity contribution is 0.452. The summed E-state index contributed by atoms with van der Waals surface area (Å²) < 4.78 is 22.3. The van der Waals surface area contributed by atoms with Crippen molar-refractivity contribution in [3.05, 3.63) is 138 Å². The third-order valence-corrected chi connectivity index (χ3v) is 9.19. The first-order chi connectivity index (χ1) is 15.9. The van der Waals surface area contributed by atoms with E-state index in [1.54, 1.807) is 0 Å². The van der Waals surface area contributed by atoms with Crippen LogP contribution in [0.1, 0.15) is 11.1 Å². The van der Waals surface area contributed by atoms with Crippen molar-refractivity contribution in [1.82, 2.24) is 0 Å². The minimum absolute atomic E-state index is 0.566. The molecule has 0 spiro atoms. The van der Waals surface area contributed by atoms with Gasteiger partial charge in [-0.3, -0.25) is 0 Å². The first-order valence-corrected chi connectivity index (χ1v) is 16.3. The number of rotatable bonds is 7. The molecule has 33 heavy (non-hydrogen) atoms. The molecule has 0 aliphatic rings. The molecule has 0 aliphatic carbocycles. The summed E-state index contributed by atoms with van der Waals surface area (Å²) in [6, 6.07) is 39.8. The van der Waals surface area contributed by atoms with Crippen molar-refractivity contribution < 1.29 is 8.99 Å². The maximum Gasteiger partial charge on any atom is 0.242 e. The minimum Gasteiger partial charge on any atom is -0.541 e. The second-order valence-electron chi connectivity index (χ2n) is 8.91. The van der Waals surface area contributed by atoms with Crippen LogP contribution < -0.4 is 10.6 Å². The van der Waals surface area contributed by atoms with E-state index >= 15 is 4.57 Å². The molecule has 166 valence electrons. The fourth-order valence-electron chi connectivity index (χ4n) is 3.85. The average Bonchev–Trinajstić information content (AvgIpc) is 2.85. The highest BCUT2D eigenvalue weighted by molar-refractivity contribution is 7.82. The number of hydrogen-bond donors (Lipinski definition) is 0. The lowest BCUT2D eigenvalue weighted by atomic mass is 9.99. The van der Waals surface area contributed by atoms with Crippen LogP contribution in [0.15, 0.2) is 127 Å². The van der Waals surface area contributed by atoms with Gasteiger partial charge in [-0.1, -0.05) is 121 Å². The summed E-state index contributed by atoms with van der Waals surface area (Å²) in [5, 5.41) is 1.54. The van der Waals surface area contributed by atoms with Gasteiger partial charge in [0.25, 0.3) is 0 Å². The van der Waals surface area contributed by atoms with Gasteiger partial charge in [0.15, 0.2) is 5.50 Å². The quantitative estimate of drug-likeness (QED) is 0.162. The lowest BCUT2D eigenvalue weighted by Crippen LogP contribution is -2.29. The summed E-state index contributed by atoms with van der Waals surface area (Å²) in [5.41, 5.74) is 3.43. The molecular formula is C29H29O2PSi. The third kappa shape index (κ3) is 5.11. The molecule has 0 saturated carbocycles. The van der Waals surface area contributed by atoms with E-state index in [2.05, 4.69) is 43.9 Å². The SMILES string of the molecule is C[Si](C)(C)OC(=C(c1ccccc1)c1ccccc1)P(=O)(c1ccccc1)c1ccccc1. The molecule has 0 radical (unpaired) electrons. The molecule has 0 amide bonds. The first-order valence-electron chi connectivity index (χ1n) is 11.2. The Morgan fingerprint density at radius 3 is 1.24 bits per heavy atom. The van der Waals surface area contributed by atoms with Gasteiger partial charge in [-0.15, -0.1) is 0 Å². The fourth-order valence-corrected chi connectivity index (χ4v) is 8.39. The van der Waals surface area contributed by atoms with E-state index in [0.29, 0.717) is 5.50 Å². The van der Waals surface area contributed by atoms with Gasteiger partial charge in [-0.25, -0.2) is 0 Å². The molecule has 0 N–H and O–H groups in total. The molecule has 2 nitrogen and oxygen atoms in total. The van der Waals surface area contributed by atoms with Crippen molar-refractivity contribution in [1.29, 1.82) is 0 Å². The van der Waals surface area contributed by atoms with E-state index in [4.69, 9.17) is 4.43 Å². The molecule has 0 unspecified atom stereocenters. The molecule has 4 aromatic rings. The Kier molecular flexibility index (Phi) is 6.83. The Balaban J connectivity index is 2.16. The van der Waals surface area contributed by atoms with Crippen LogP contribution in [0, 0.1) is 0 Å². The van der Waals surface area contributed by atoms with Crippen LogP contribution in [0.5, 0.6) is 0 Å². The van der Waals surface area contributed by atoms with Gasteiger partial charge >= 0.3 is 0 Å². The van der Waals surface area contributed by atoms with Gasteiger partial charge < -0.3 is 8.99 Å². The maximum absolute atomic E-state index is 15.4. The highest BCUT2D eigenvalue weighted by Crippen LogP contribution is 2.56. The molecule has 4 rings (SSSR count). The summed E-state index contributed by atoms with van der Waals surface area (Å²) in [6.45, 7) is 6.42. The van der Waals surface area contributed by atoms with Crippen molar-refractivity contribution in [2.45, 2.75) is 19.6 Å². The topological polar surface area (TPSA) is 26.3 Å². The monoisotopic (exact) mass is 468 g/mol. The molecule has 0 aromatic heterocycles. The van der Waals surface area contributed by atoms with Crippen molar-refractivity contribution >= 4 is 31.6 Å². The van der Waals surface area contributed by atoms with Crippen LogP contribution in [0.25, 0.3) is 5.57 Å². The Bertz CT molecular complexity index is 1180. The molecule has 4 aromatic carbocycles. The molecule has 0 atom stereocenters. The van der Waals surface area contributed by atoms with E-state index in [9.17, 15) is 0 Å². The third-order valence-electron chi connectivity index (χ3n) is 5.27. The van der Waals surface area contributed by atoms with Crippen LogP contribution in [0.3, 0.4) is 0 Å². The van der Waals surface area contributed by atoms with Gasteiger partial charge in [0, 0.05) is 16.2 Å². The van der Waals surface area contributed by atoms with Crippen LogP contribution in [0.2, 0.25) is 19.6 Å². The molecule has 0 aliphatic heterocycles. The Morgan fingerprint density at radius 1 is 0.576 bits per heavy atom. The van der Waals surface area contributed by atoms with Crippen LogP contribution in [0.4, 0.5) is 0 Å². The normalized spacial score (nSPS) is 11.6. The standard InChI is InChI=1S/C29H29O2PSi/c1-33(2,3)31-29(28(24-16-8-4-9-17-24)25-18-10-5-11-19-25)32(30,26-20-12-6-13-21-26)27-22-14-7-15-23-27/h4-23H,1-3H3. The first kappa shape index (κ1) is 23.0. The zero-order valence-corrected chi connectivity index (χ0v) is 21.2. The van der Waals surface area contributed by atoms with Crippen LogP contribution >= 0.6 is 7.14 Å². The predicted octanol–water partition coefficient (Wildman–Crippen LogP) is 7.27. The second kappa shape index (κ2) is 9.78. The van der Waals surface area contributed by atoms with Crippen molar-refractivity contribution in [2.75, 3.05) is 0 Å². The zero-order chi connectivity index (χ0) is 23.3. The Labute approximate surface area is 198 Å². The largest absolute Gasteiger partial charge is 0.541 e. The molecule has 0 fully saturated rings. The smallest absolute Gasteiger partial charge is 0.242 e. The van der Waals surface area contributed by atoms with E-state index in [-0.39, 0.29) is 0 Å². The van der Waals surface area contributed by atoms with E-state index < -0.39 is 15.5 Å². The minimum atomic E-state index is -3.33. The van der Waals surface area contributed by atoms with E-state index in [0.717, 1.165) is 27.3 Å². The van der Waals surface area contributed by atoms with E-state index in [1.807, 2.05) is 97.1 Å². The Morgan fingerprint density at radius 2 is 0.909 bits per heavy atom. The highest BCUT2D eigenvalue weighted by Gasteiger charge is 2.39. The fraction of sp³-hybridized carbons (Fsp3) is 0.103. The van der Waals surface area contributed by atoms with Crippen LogP contribution in [-0.4, -0.2) is 8.32 Å². The zero-order valence-electron chi connectivity index (χ0n) is 19.3. The predicted molar refractivity (Wildman–Crippen MR) is 143 cm³/mol. The molecule has 4 heteroatoms. The van der Waals surface area contributed by atoms with Gasteiger partial charge in [0.2, 0.25) is 15.5 Å². The number of hydrogen-bond acceptors (Lipinski definition) is 2. The van der Waals surface area contributed by atoms with E-state index in [1.165, 1.54) is 0 Å². The highest BCUT2D eigenvalue weighted by atomic mass is 31.2. The number of benzene rings is 4. The Hall–Kier alpha value is -3.13. The van der Waals surface area contributed by atoms with Crippen molar-refractivity contribution in [2.24, 2.45) is 0 Å². The van der Waals surface area contributed by atoms with Gasteiger partial charge in [0.1, 0.15) is 0 Å². The molecule has 0 heterocycles. The molecule has 0 bridgehead atoms. The summed E-state index contributed by atoms with van der Waals surface area (Å²) in [7, 11) is -5.48. The summed E-state index contributed by atoms with van der Waals surface area (Å²) in [5.74, 6) is 0. The van der Waals surface area contributed by atoms with Gasteiger partial charge in [0.05, 0.1) is 0 Å². The maximum atomic E-state index is 15.4. The van der Waals surface area contributed by atoms with Crippen molar-refractivity contribution in [3.63, 3.8) is 0 Å². The van der Waals surface area contributed by atoms with Gasteiger partial charge in [-0.2, -0.15) is 0 Å². The van der Waals surface area contributed by atoms with Gasteiger partial charge in [-0.05, 0) is 30.8 Å². The second-order valence-corrected chi connectivity index (χ2v) is 16.0. The van der Waals surface area contributed by atoms with Crippen LogP contribution in [-0.2, 0) is 8.99 Å². The van der Waals surface area contributed by atoms with Crippen molar-refractivity contribution in [3.8, 4) is 0 Å². The average molecular weight is 469 g/mol. The summed E-state index contributed by atoms with van der Waals surface area (Å²) >= 11 is 0. The summed E-state index contributed by atoms with van der Waals surface area (Å²) in [6.07, 6.45) is 0. The lowest BCUT2D eigenvalue weighted by Gasteiger charge is -2.31.